The Morgan fingerprint density at radius 1 is 1.14 bits per heavy atom. The minimum Gasteiger partial charge on any atom is -0.484 e. The second kappa shape index (κ2) is 9.11. The number of hydrogen-bond acceptors (Lipinski definition) is 3. The van der Waals surface area contributed by atoms with Gasteiger partial charge in [-0.25, -0.2) is 0 Å². The third-order valence-corrected chi connectivity index (χ3v) is 5.14. The highest BCUT2D eigenvalue weighted by Gasteiger charge is 2.24. The molecule has 0 saturated carbocycles. The number of aryl methyl sites for hydroxylation is 2. The first-order valence-electron chi connectivity index (χ1n) is 9.46. The highest BCUT2D eigenvalue weighted by atomic mass is 35.5. The summed E-state index contributed by atoms with van der Waals surface area (Å²) >= 11 is 5.97. The Kier molecular flexibility index (Phi) is 6.57. The molecule has 28 heavy (non-hydrogen) atoms. The molecule has 3 rings (SSSR count). The van der Waals surface area contributed by atoms with E-state index in [1.165, 1.54) is 0 Å². The molecule has 2 amide bonds. The van der Waals surface area contributed by atoms with Gasteiger partial charge >= 0.3 is 0 Å². The second-order valence-corrected chi connectivity index (χ2v) is 7.64. The van der Waals surface area contributed by atoms with Crippen LogP contribution in [0.3, 0.4) is 0 Å². The first kappa shape index (κ1) is 20.2. The lowest BCUT2D eigenvalue weighted by Gasteiger charge is -2.32. The maximum absolute atomic E-state index is 12.6. The molecule has 1 heterocycles. The van der Waals surface area contributed by atoms with Crippen LogP contribution in [0.1, 0.15) is 34.3 Å². The van der Waals surface area contributed by atoms with Gasteiger partial charge in [-0.15, -0.1) is 0 Å². The Hall–Kier alpha value is -2.53. The average molecular weight is 401 g/mol. The molecule has 1 aliphatic heterocycles. The summed E-state index contributed by atoms with van der Waals surface area (Å²) in [6, 6.07) is 12.9. The van der Waals surface area contributed by atoms with Crippen molar-refractivity contribution in [1.29, 1.82) is 0 Å². The molecule has 1 fully saturated rings. The Labute approximate surface area is 170 Å². The van der Waals surface area contributed by atoms with E-state index in [9.17, 15) is 9.59 Å². The summed E-state index contributed by atoms with van der Waals surface area (Å²) in [5, 5.41) is 3.56. The van der Waals surface area contributed by atoms with Crippen molar-refractivity contribution >= 4 is 23.4 Å². The van der Waals surface area contributed by atoms with Crippen LogP contribution < -0.4 is 10.1 Å². The van der Waals surface area contributed by atoms with Gasteiger partial charge in [-0.1, -0.05) is 35.4 Å². The highest BCUT2D eigenvalue weighted by Crippen LogP contribution is 2.19. The topological polar surface area (TPSA) is 58.6 Å². The minimum absolute atomic E-state index is 0.00837. The van der Waals surface area contributed by atoms with Gasteiger partial charge in [0.1, 0.15) is 5.75 Å². The van der Waals surface area contributed by atoms with E-state index < -0.39 is 0 Å². The van der Waals surface area contributed by atoms with Gasteiger partial charge in [0, 0.05) is 29.7 Å². The first-order valence-corrected chi connectivity index (χ1v) is 9.84. The van der Waals surface area contributed by atoms with E-state index in [0.29, 0.717) is 23.7 Å². The van der Waals surface area contributed by atoms with Crippen LogP contribution in [0.5, 0.6) is 5.75 Å². The van der Waals surface area contributed by atoms with Gasteiger partial charge in [-0.05, 0) is 56.5 Å². The quantitative estimate of drug-likeness (QED) is 0.831. The molecule has 0 aromatic heterocycles. The van der Waals surface area contributed by atoms with Crippen LogP contribution in [0, 0.1) is 13.8 Å². The lowest BCUT2D eigenvalue weighted by Crippen LogP contribution is -2.47. The molecule has 1 aliphatic rings. The van der Waals surface area contributed by atoms with Crippen LogP contribution in [0.2, 0.25) is 5.02 Å². The molecule has 2 aromatic carbocycles. The molecule has 0 spiro atoms. The van der Waals surface area contributed by atoms with E-state index in [2.05, 4.69) is 5.32 Å². The van der Waals surface area contributed by atoms with Gasteiger partial charge < -0.3 is 15.0 Å². The Morgan fingerprint density at radius 2 is 1.89 bits per heavy atom. The zero-order chi connectivity index (χ0) is 20.1. The molecule has 148 valence electrons. The van der Waals surface area contributed by atoms with Crippen molar-refractivity contribution in [1.82, 2.24) is 10.2 Å². The molecule has 2 aromatic rings. The first-order chi connectivity index (χ1) is 13.4. The summed E-state index contributed by atoms with van der Waals surface area (Å²) in [4.78, 5) is 26.6. The van der Waals surface area contributed by atoms with Crippen LogP contribution in [0.4, 0.5) is 0 Å². The lowest BCUT2D eigenvalue weighted by molar-refractivity contribution is -0.124. The van der Waals surface area contributed by atoms with Gasteiger partial charge in [0.25, 0.3) is 11.8 Å². The fraction of sp³-hybridized carbons (Fsp3) is 0.364. The van der Waals surface area contributed by atoms with Crippen molar-refractivity contribution in [3.8, 4) is 5.75 Å². The Bertz CT molecular complexity index is 861. The molecule has 6 heteroatoms. The summed E-state index contributed by atoms with van der Waals surface area (Å²) in [5.41, 5.74) is 2.77. The fourth-order valence-electron chi connectivity index (χ4n) is 3.40. The molecular formula is C22H25ClN2O3. The number of nitrogens with zero attached hydrogens (tertiary/aromatic N) is 1. The SMILES string of the molecule is Cc1ccc(OCC(=O)NC2CCN(C(=O)c3cccc(Cl)c3)CC2)c(C)c1. The number of hydrogen-bond donors (Lipinski definition) is 1. The standard InChI is InChI=1S/C22H25ClN2O3/c1-15-6-7-20(16(2)12-15)28-14-21(26)24-19-8-10-25(11-9-19)22(27)17-4-3-5-18(23)13-17/h3-7,12-13,19H,8-11,14H2,1-2H3,(H,24,26). The zero-order valence-electron chi connectivity index (χ0n) is 16.2. The van der Waals surface area contributed by atoms with Crippen molar-refractivity contribution < 1.29 is 14.3 Å². The van der Waals surface area contributed by atoms with Crippen molar-refractivity contribution in [3.63, 3.8) is 0 Å². The number of carbonyl (C=O) groups is 2. The third kappa shape index (κ3) is 5.26. The van der Waals surface area contributed by atoms with E-state index in [1.807, 2.05) is 32.0 Å². The van der Waals surface area contributed by atoms with Crippen molar-refractivity contribution in [3.05, 3.63) is 64.2 Å². The number of amides is 2. The predicted octanol–water partition coefficient (Wildman–Crippen LogP) is 3.76. The zero-order valence-corrected chi connectivity index (χ0v) is 17.0. The Morgan fingerprint density at radius 3 is 2.57 bits per heavy atom. The van der Waals surface area contributed by atoms with Gasteiger partial charge in [0.15, 0.2) is 6.61 Å². The third-order valence-electron chi connectivity index (χ3n) is 4.91. The number of carbonyl (C=O) groups excluding carboxylic acids is 2. The fourth-order valence-corrected chi connectivity index (χ4v) is 3.60. The van der Waals surface area contributed by atoms with Crippen LogP contribution in [-0.2, 0) is 4.79 Å². The van der Waals surface area contributed by atoms with Crippen LogP contribution >= 0.6 is 11.6 Å². The number of piperidine rings is 1. The van der Waals surface area contributed by atoms with Gasteiger partial charge in [-0.3, -0.25) is 9.59 Å². The summed E-state index contributed by atoms with van der Waals surface area (Å²) in [6.45, 7) is 5.19. The van der Waals surface area contributed by atoms with Crippen LogP contribution in [0.25, 0.3) is 0 Å². The number of halogens is 1. The molecule has 5 nitrogen and oxygen atoms in total. The van der Waals surface area contributed by atoms with Crippen LogP contribution in [0.15, 0.2) is 42.5 Å². The normalized spacial score (nSPS) is 14.6. The summed E-state index contributed by atoms with van der Waals surface area (Å²) < 4.78 is 5.63. The molecule has 1 saturated heterocycles. The minimum atomic E-state index is -0.139. The molecule has 0 radical (unpaired) electrons. The summed E-state index contributed by atoms with van der Waals surface area (Å²) in [6.07, 6.45) is 1.45. The smallest absolute Gasteiger partial charge is 0.258 e. The average Bonchev–Trinajstić information content (AvgIpc) is 2.67. The summed E-state index contributed by atoms with van der Waals surface area (Å²) in [5.74, 6) is 0.563. The molecule has 1 N–H and O–H groups in total. The van der Waals surface area contributed by atoms with E-state index in [1.54, 1.807) is 29.2 Å². The Balaban J connectivity index is 1.44. The molecular weight excluding hydrogens is 376 g/mol. The number of benzene rings is 2. The van der Waals surface area contributed by atoms with Gasteiger partial charge in [0.2, 0.25) is 0 Å². The van der Waals surface area contributed by atoms with Crippen molar-refractivity contribution in [2.24, 2.45) is 0 Å². The number of ether oxygens (including phenoxy) is 1. The van der Waals surface area contributed by atoms with E-state index in [4.69, 9.17) is 16.3 Å². The largest absolute Gasteiger partial charge is 0.484 e. The maximum Gasteiger partial charge on any atom is 0.258 e. The van der Waals surface area contributed by atoms with E-state index in [0.717, 1.165) is 29.7 Å². The molecule has 0 unspecified atom stereocenters. The predicted molar refractivity (Wildman–Crippen MR) is 110 cm³/mol. The summed E-state index contributed by atoms with van der Waals surface area (Å²) in [7, 11) is 0. The van der Waals surface area contributed by atoms with Gasteiger partial charge in [0.05, 0.1) is 0 Å². The van der Waals surface area contributed by atoms with E-state index >= 15 is 0 Å². The number of nitrogens with one attached hydrogen (secondary N) is 1. The molecule has 0 bridgehead atoms. The van der Waals surface area contributed by atoms with Crippen molar-refractivity contribution in [2.75, 3.05) is 19.7 Å². The van der Waals surface area contributed by atoms with E-state index in [-0.39, 0.29) is 24.5 Å². The number of likely N-dealkylation sites (tertiary alicyclic amines) is 1. The molecule has 0 atom stereocenters. The highest BCUT2D eigenvalue weighted by molar-refractivity contribution is 6.30. The molecule has 0 aliphatic carbocycles. The van der Waals surface area contributed by atoms with Crippen molar-refractivity contribution in [2.45, 2.75) is 32.7 Å². The maximum atomic E-state index is 12.6. The monoisotopic (exact) mass is 400 g/mol. The second-order valence-electron chi connectivity index (χ2n) is 7.20. The van der Waals surface area contributed by atoms with Gasteiger partial charge in [-0.2, -0.15) is 0 Å². The lowest BCUT2D eigenvalue weighted by atomic mass is 10.0. The van der Waals surface area contributed by atoms with Crippen LogP contribution in [-0.4, -0.2) is 42.5 Å². The number of rotatable bonds is 5.